The van der Waals surface area contributed by atoms with Crippen LogP contribution in [0.5, 0.6) is 17.2 Å². The predicted octanol–water partition coefficient (Wildman–Crippen LogP) is -10.1. The largest absolute Gasteiger partial charge is 1.00 e. The molecule has 73 heavy (non-hydrogen) atoms. The van der Waals surface area contributed by atoms with Gasteiger partial charge in [0.25, 0.3) is 10.4 Å². The van der Waals surface area contributed by atoms with E-state index in [9.17, 15) is 92.2 Å². The van der Waals surface area contributed by atoms with Crippen LogP contribution in [0.3, 0.4) is 0 Å². The van der Waals surface area contributed by atoms with Gasteiger partial charge in [0.05, 0.1) is 36.9 Å². The third-order valence-electron chi connectivity index (χ3n) is 11.9. The van der Waals surface area contributed by atoms with Crippen molar-refractivity contribution in [2.45, 2.75) is 112 Å². The minimum atomic E-state index is -5.57. The fraction of sp³-hybridized carbons (Fsp3) is 0.524. The van der Waals surface area contributed by atoms with E-state index in [1.807, 2.05) is 5.32 Å². The Labute approximate surface area is 437 Å². The van der Waals surface area contributed by atoms with Crippen molar-refractivity contribution in [2.24, 2.45) is 11.7 Å². The second kappa shape index (κ2) is 25.4. The molecule has 0 radical (unpaired) electrons. The average molecular weight is 1060 g/mol. The van der Waals surface area contributed by atoms with E-state index in [0.29, 0.717) is 21.9 Å². The summed E-state index contributed by atoms with van der Waals surface area (Å²) in [6, 6.07) is -3.00. The zero-order chi connectivity index (χ0) is 53.5. The van der Waals surface area contributed by atoms with E-state index in [1.54, 1.807) is 6.07 Å². The maximum atomic E-state index is 14.5. The molecular weight excluding hydrogens is 1010 g/mol. The van der Waals surface area contributed by atoms with Crippen LogP contribution in [0, 0.1) is 5.92 Å². The number of fused-ring (bicyclic) bond motifs is 2. The van der Waals surface area contributed by atoms with Crippen molar-refractivity contribution in [1.29, 1.82) is 0 Å². The van der Waals surface area contributed by atoms with Crippen molar-refractivity contribution in [2.75, 3.05) is 19.6 Å². The number of amides is 8. The second-order valence-corrected chi connectivity index (χ2v) is 18.4. The molecule has 31 heteroatoms. The van der Waals surface area contributed by atoms with E-state index in [2.05, 4.69) is 25.5 Å². The Morgan fingerprint density at radius 3 is 2.07 bits per heavy atom. The molecule has 0 saturated carbocycles. The monoisotopic (exact) mass is 1060 g/mol. The number of para-hydroxylation sites is 1. The van der Waals surface area contributed by atoms with Crippen LogP contribution < -0.4 is 70.8 Å². The first-order chi connectivity index (χ1) is 33.7. The first kappa shape index (κ1) is 59.8. The SMILES string of the molecule is C[C@H](O)C1NC(=O)[C@@H](NC(=O)Oc2ccccc2)C[C@@H](O)CNC(=O)C2[C@@H](O)[C@@H](C)CN2C(=O)C([C@H](O)CC(N)=O)NC(=O)C([C@H](O)[C@@H](O)c2ccc(O)c(OS(=O)(=O)[O-])c2)NC(=O)C2C[C@@H](O)CN2C1=O.[Na+]. The van der Waals surface area contributed by atoms with Crippen LogP contribution >= 0.6 is 0 Å². The smallest absolute Gasteiger partial charge is 0.716 e. The van der Waals surface area contributed by atoms with Gasteiger partial charge in [0, 0.05) is 38.4 Å². The van der Waals surface area contributed by atoms with Crippen molar-refractivity contribution < 1.29 is 131 Å². The number of benzene rings is 2. The standard InChI is InChI=1S/C42H56N8O21S.Na/c1-17-15-50-32(33(17)57)39(63)44-14-20(52)11-23(45-42(66)70-22-6-4-3-5-7-22)36(60)46-29(18(2)51)40(64)49-16-21(53)12-24(49)37(61)48-31(38(62)47-30(41(50)65)26(55)13-28(43)56)35(59)34(58)19-8-9-25(54)27(10-19)71-72(67,68)69;/h3-10,17-18,20-21,23-24,26,29-35,51-55,57-59H,11-16H2,1-2H3,(H2,43,56)(H,44,63)(H,45,66)(H,46,60)(H,47,62)(H,48,61)(H,67,68,69);/q;+1/p-1/t17-,18-,20+,21+,23-,24?,26+,29?,30?,31?,32?,33-,34-,35-;/m0./s1. The molecule has 0 bridgehead atoms. The minimum Gasteiger partial charge on any atom is -0.716 e. The second-order valence-electron chi connectivity index (χ2n) is 17.4. The van der Waals surface area contributed by atoms with Gasteiger partial charge < -0.3 is 96.4 Å². The van der Waals surface area contributed by atoms with Crippen molar-refractivity contribution in [3.8, 4) is 17.2 Å². The number of hydrogen-bond donors (Lipinski definition) is 14. The summed E-state index contributed by atoms with van der Waals surface area (Å²) in [6.07, 6.45) is -17.9. The Morgan fingerprint density at radius 2 is 1.45 bits per heavy atom. The summed E-state index contributed by atoms with van der Waals surface area (Å²) in [5.41, 5.74) is 4.70. The number of aliphatic hydroxyl groups excluding tert-OH is 7. The predicted molar refractivity (Wildman–Crippen MR) is 237 cm³/mol. The van der Waals surface area contributed by atoms with Gasteiger partial charge in [-0.05, 0) is 36.8 Å². The van der Waals surface area contributed by atoms with E-state index >= 15 is 0 Å². The molecule has 8 amide bonds. The molecule has 396 valence electrons. The van der Waals surface area contributed by atoms with E-state index in [4.69, 9.17) is 10.5 Å². The molecule has 3 aliphatic heterocycles. The summed E-state index contributed by atoms with van der Waals surface area (Å²) in [7, 11) is -5.57. The van der Waals surface area contributed by atoms with Crippen LogP contribution in [0.15, 0.2) is 48.5 Å². The van der Waals surface area contributed by atoms with Crippen LogP contribution in [0.1, 0.15) is 44.8 Å². The normalized spacial score (nSPS) is 28.5. The van der Waals surface area contributed by atoms with Gasteiger partial charge in [-0.2, -0.15) is 0 Å². The third-order valence-corrected chi connectivity index (χ3v) is 12.3. The molecule has 5 unspecified atom stereocenters. The van der Waals surface area contributed by atoms with Gasteiger partial charge in [-0.25, -0.2) is 13.2 Å². The maximum Gasteiger partial charge on any atom is 1.00 e. The van der Waals surface area contributed by atoms with Crippen LogP contribution in [0.2, 0.25) is 0 Å². The number of nitrogens with one attached hydrogen (secondary N) is 5. The number of aliphatic hydroxyl groups is 7. The Morgan fingerprint density at radius 1 is 0.836 bits per heavy atom. The molecule has 0 aliphatic carbocycles. The molecule has 5 rings (SSSR count). The van der Waals surface area contributed by atoms with Crippen LogP contribution in [0.4, 0.5) is 4.79 Å². The number of carbonyl (C=O) groups is 8. The Hall–Kier alpha value is -5.77. The number of nitrogens with two attached hydrogens (primary N) is 1. The number of nitrogens with zero attached hydrogens (tertiary/aromatic N) is 2. The summed E-state index contributed by atoms with van der Waals surface area (Å²) in [6.45, 7) is 0.524. The molecule has 2 aromatic rings. The Balaban J connectivity index is 0.0000116. The Bertz CT molecular complexity index is 2480. The van der Waals surface area contributed by atoms with Crippen molar-refractivity contribution in [3.05, 3.63) is 54.1 Å². The van der Waals surface area contributed by atoms with Gasteiger partial charge in [-0.3, -0.25) is 33.6 Å². The molecule has 3 saturated heterocycles. The van der Waals surface area contributed by atoms with E-state index in [0.717, 1.165) is 13.0 Å². The molecule has 3 heterocycles. The Kier molecular flexibility index (Phi) is 20.8. The van der Waals surface area contributed by atoms with Gasteiger partial charge >= 0.3 is 35.7 Å². The first-order valence-corrected chi connectivity index (χ1v) is 23.4. The zero-order valence-electron chi connectivity index (χ0n) is 39.2. The molecule has 2 aromatic carbocycles. The number of carbonyl (C=O) groups excluding carboxylic acids is 8. The van der Waals surface area contributed by atoms with Gasteiger partial charge in [0.1, 0.15) is 54.2 Å². The van der Waals surface area contributed by atoms with Crippen molar-refractivity contribution in [1.82, 2.24) is 36.4 Å². The number of phenols is 1. The number of rotatable bonds is 11. The molecule has 0 spiro atoms. The summed E-state index contributed by atoms with van der Waals surface area (Å²) >= 11 is 0. The number of β-amino-alcohol motifs (C(OH)–C–C–N with tert-alkyl or cyclic N) is 1. The number of ether oxygens (including phenoxy) is 1. The van der Waals surface area contributed by atoms with Crippen molar-refractivity contribution in [3.63, 3.8) is 0 Å². The zero-order valence-corrected chi connectivity index (χ0v) is 42.0. The van der Waals surface area contributed by atoms with Crippen LogP contribution in [-0.4, -0.2) is 204 Å². The van der Waals surface area contributed by atoms with E-state index in [1.165, 1.54) is 31.2 Å². The summed E-state index contributed by atoms with van der Waals surface area (Å²) < 4.78 is 43.5. The van der Waals surface area contributed by atoms with E-state index in [-0.39, 0.29) is 35.3 Å². The maximum absolute atomic E-state index is 14.5. The van der Waals surface area contributed by atoms with Gasteiger partial charge in [-0.15, -0.1) is 0 Å². The number of phenolic OH excluding ortho intramolecular Hbond substituents is 1. The van der Waals surface area contributed by atoms with E-state index < -0.39 is 199 Å². The topological polar surface area (TPSA) is 467 Å². The molecule has 3 aliphatic rings. The summed E-state index contributed by atoms with van der Waals surface area (Å²) in [4.78, 5) is 112. The third kappa shape index (κ3) is 15.4. The molecule has 15 N–H and O–H groups in total. The number of aromatic hydroxyl groups is 1. The molecule has 14 atom stereocenters. The van der Waals surface area contributed by atoms with Gasteiger partial charge in [-0.1, -0.05) is 31.2 Å². The first-order valence-electron chi connectivity index (χ1n) is 22.0. The van der Waals surface area contributed by atoms with Crippen LogP contribution in [-0.2, 0) is 44.0 Å². The summed E-state index contributed by atoms with van der Waals surface area (Å²) in [5, 5.41) is 99.4. The van der Waals surface area contributed by atoms with Gasteiger partial charge in [0.15, 0.2) is 11.5 Å². The fourth-order valence-electron chi connectivity index (χ4n) is 8.25. The fourth-order valence-corrected chi connectivity index (χ4v) is 8.60. The van der Waals surface area contributed by atoms with Crippen LogP contribution in [0.25, 0.3) is 0 Å². The molecule has 3 fully saturated rings. The quantitative estimate of drug-likeness (QED) is 0.0564. The average Bonchev–Trinajstić information content (AvgIpc) is 3.84. The molecule has 0 aromatic heterocycles. The number of hydrogen-bond acceptors (Lipinski definition) is 21. The minimum absolute atomic E-state index is 0. The van der Waals surface area contributed by atoms with Gasteiger partial charge in [0.2, 0.25) is 41.4 Å². The number of primary amides is 1. The van der Waals surface area contributed by atoms with Crippen molar-refractivity contribution >= 4 is 57.8 Å². The summed E-state index contributed by atoms with van der Waals surface area (Å²) in [5.74, 6) is -12.4. The molecule has 29 nitrogen and oxygen atoms in total. The molecular formula is C42H55N8NaO21S.